The van der Waals surface area contributed by atoms with Crippen LogP contribution in [0.2, 0.25) is 0 Å². The molecule has 0 radical (unpaired) electrons. The minimum absolute atomic E-state index is 0.00130. The number of anilines is 1. The summed E-state index contributed by atoms with van der Waals surface area (Å²) in [6.07, 6.45) is 0. The number of rotatable bonds is 4. The predicted octanol–water partition coefficient (Wildman–Crippen LogP) is 0.0556. The third-order valence-electron chi connectivity index (χ3n) is 1.95. The Morgan fingerprint density at radius 1 is 1.47 bits per heavy atom. The highest BCUT2D eigenvalue weighted by molar-refractivity contribution is 9.10. The fourth-order valence-electron chi connectivity index (χ4n) is 1.05. The molecule has 0 spiro atoms. The smallest absolute Gasteiger partial charge is 0.242 e. The lowest BCUT2D eigenvalue weighted by Crippen LogP contribution is -2.35. The van der Waals surface area contributed by atoms with Crippen LogP contribution in [0, 0.1) is 0 Å². The Hall–Kier alpha value is -1.12. The number of carbonyl (C=O) groups excluding carboxylic acids is 1. The van der Waals surface area contributed by atoms with E-state index >= 15 is 0 Å². The molecule has 1 aromatic carbocycles. The van der Waals surface area contributed by atoms with Gasteiger partial charge >= 0.3 is 0 Å². The third-order valence-corrected chi connectivity index (χ3v) is 4.34. The van der Waals surface area contributed by atoms with Gasteiger partial charge in [0.05, 0.1) is 11.4 Å². The van der Waals surface area contributed by atoms with E-state index in [1.54, 1.807) is 6.07 Å². The fraction of sp³-hybridized carbons (Fsp3) is 0.222. The molecule has 0 heterocycles. The molecule has 1 amide bonds. The average molecular weight is 322 g/mol. The molecule has 6 nitrogen and oxygen atoms in total. The highest BCUT2D eigenvalue weighted by Crippen LogP contribution is 2.23. The summed E-state index contributed by atoms with van der Waals surface area (Å²) in [5, 5.41) is 2.31. The summed E-state index contributed by atoms with van der Waals surface area (Å²) in [6, 6.07) is 4.42. The van der Waals surface area contributed by atoms with Crippen molar-refractivity contribution in [1.29, 1.82) is 0 Å². The molecule has 0 aliphatic carbocycles. The van der Waals surface area contributed by atoms with Crippen LogP contribution >= 0.6 is 15.9 Å². The van der Waals surface area contributed by atoms with E-state index in [1.165, 1.54) is 19.2 Å². The number of hydrogen-bond acceptors (Lipinski definition) is 4. The van der Waals surface area contributed by atoms with E-state index in [4.69, 9.17) is 5.73 Å². The Labute approximate surface area is 108 Å². The Balaban J connectivity index is 2.97. The van der Waals surface area contributed by atoms with Crippen molar-refractivity contribution >= 4 is 37.5 Å². The van der Waals surface area contributed by atoms with Gasteiger partial charge in [-0.25, -0.2) is 13.1 Å². The molecule has 0 saturated heterocycles. The summed E-state index contributed by atoms with van der Waals surface area (Å²) >= 11 is 3.12. The predicted molar refractivity (Wildman–Crippen MR) is 67.8 cm³/mol. The van der Waals surface area contributed by atoms with E-state index in [9.17, 15) is 13.2 Å². The number of carbonyl (C=O) groups is 1. The number of halogens is 1. The van der Waals surface area contributed by atoms with Gasteiger partial charge in [0.1, 0.15) is 0 Å². The number of nitrogens with two attached hydrogens (primary N) is 1. The molecule has 0 atom stereocenters. The lowest BCUT2D eigenvalue weighted by molar-refractivity contribution is -0.119. The largest absolute Gasteiger partial charge is 0.399 e. The summed E-state index contributed by atoms with van der Waals surface area (Å²) in [7, 11) is -2.33. The molecule has 8 heteroatoms. The quantitative estimate of drug-likeness (QED) is 0.682. The van der Waals surface area contributed by atoms with E-state index in [-0.39, 0.29) is 11.4 Å². The van der Waals surface area contributed by atoms with Crippen molar-refractivity contribution in [3.05, 3.63) is 22.7 Å². The Kier molecular flexibility index (Phi) is 4.49. The Bertz CT molecular complexity index is 530. The van der Waals surface area contributed by atoms with Crippen molar-refractivity contribution in [2.24, 2.45) is 0 Å². The average Bonchev–Trinajstić information content (AvgIpc) is 2.29. The maximum atomic E-state index is 11.8. The summed E-state index contributed by atoms with van der Waals surface area (Å²) in [5.74, 6) is -0.423. The van der Waals surface area contributed by atoms with Gasteiger partial charge in [0.25, 0.3) is 0 Å². The summed E-state index contributed by atoms with van der Waals surface area (Å²) < 4.78 is 26.3. The fourth-order valence-corrected chi connectivity index (χ4v) is 3.03. The highest BCUT2D eigenvalue weighted by Gasteiger charge is 2.18. The van der Waals surface area contributed by atoms with Gasteiger partial charge in [-0.15, -0.1) is 0 Å². The van der Waals surface area contributed by atoms with Crippen molar-refractivity contribution < 1.29 is 13.2 Å². The molecule has 4 N–H and O–H groups in total. The first-order valence-electron chi connectivity index (χ1n) is 4.62. The van der Waals surface area contributed by atoms with E-state index in [0.717, 1.165) is 0 Å². The number of benzene rings is 1. The summed E-state index contributed by atoms with van der Waals surface area (Å²) in [5.41, 5.74) is 5.84. The lowest BCUT2D eigenvalue weighted by Gasteiger charge is -2.08. The SMILES string of the molecule is CNC(=O)CNS(=O)(=O)c1cc(N)ccc1Br. The van der Waals surface area contributed by atoms with Gasteiger partial charge in [-0.3, -0.25) is 4.79 Å². The Morgan fingerprint density at radius 3 is 2.71 bits per heavy atom. The van der Waals surface area contributed by atoms with Gasteiger partial charge in [0, 0.05) is 17.2 Å². The number of hydrogen-bond donors (Lipinski definition) is 3. The second-order valence-electron chi connectivity index (χ2n) is 3.19. The summed E-state index contributed by atoms with van der Waals surface area (Å²) in [6.45, 7) is -0.319. The minimum Gasteiger partial charge on any atom is -0.399 e. The maximum Gasteiger partial charge on any atom is 0.242 e. The van der Waals surface area contributed by atoms with Crippen LogP contribution in [0.1, 0.15) is 0 Å². The molecule has 0 bridgehead atoms. The first-order valence-corrected chi connectivity index (χ1v) is 6.89. The standard InChI is InChI=1S/C9H12BrN3O3S/c1-12-9(14)5-13-17(15,16)8-4-6(11)2-3-7(8)10/h2-4,13H,5,11H2,1H3,(H,12,14). The van der Waals surface area contributed by atoms with Gasteiger partial charge in [-0.1, -0.05) is 0 Å². The Morgan fingerprint density at radius 2 is 2.12 bits per heavy atom. The first kappa shape index (κ1) is 13.9. The van der Waals surface area contributed by atoms with Gasteiger partial charge in [-0.2, -0.15) is 0 Å². The zero-order valence-corrected chi connectivity index (χ0v) is 11.4. The lowest BCUT2D eigenvalue weighted by atomic mass is 10.3. The second-order valence-corrected chi connectivity index (χ2v) is 5.78. The maximum absolute atomic E-state index is 11.8. The number of likely N-dealkylation sites (N-methyl/N-ethyl adjacent to an activating group) is 1. The molecule has 94 valence electrons. The van der Waals surface area contributed by atoms with Crippen LogP contribution < -0.4 is 15.8 Å². The molecule has 17 heavy (non-hydrogen) atoms. The molecule has 1 aromatic rings. The molecular formula is C9H12BrN3O3S. The molecule has 0 aromatic heterocycles. The van der Waals surface area contributed by atoms with Gasteiger partial charge < -0.3 is 11.1 Å². The zero-order valence-electron chi connectivity index (χ0n) is 9.03. The topological polar surface area (TPSA) is 101 Å². The number of nitrogens with one attached hydrogen (secondary N) is 2. The molecule has 0 aliphatic rings. The van der Waals surface area contributed by atoms with Crippen LogP contribution in [0.5, 0.6) is 0 Å². The van der Waals surface area contributed by atoms with Crippen molar-refractivity contribution in [3.8, 4) is 0 Å². The van der Waals surface area contributed by atoms with Crippen LogP contribution in [-0.2, 0) is 14.8 Å². The molecule has 0 unspecified atom stereocenters. The molecule has 1 rings (SSSR count). The summed E-state index contributed by atoms with van der Waals surface area (Å²) in [4.78, 5) is 11.0. The van der Waals surface area contributed by atoms with E-state index in [1.807, 2.05) is 0 Å². The zero-order chi connectivity index (χ0) is 13.1. The van der Waals surface area contributed by atoms with E-state index in [2.05, 4.69) is 26.0 Å². The number of nitrogen functional groups attached to an aromatic ring is 1. The van der Waals surface area contributed by atoms with Gasteiger partial charge in [-0.05, 0) is 34.1 Å². The van der Waals surface area contributed by atoms with Crippen molar-refractivity contribution in [2.75, 3.05) is 19.3 Å². The van der Waals surface area contributed by atoms with Crippen LogP contribution in [0.25, 0.3) is 0 Å². The van der Waals surface area contributed by atoms with E-state index in [0.29, 0.717) is 10.2 Å². The van der Waals surface area contributed by atoms with Crippen LogP contribution in [0.4, 0.5) is 5.69 Å². The van der Waals surface area contributed by atoms with Crippen molar-refractivity contribution in [3.63, 3.8) is 0 Å². The molecule has 0 aliphatic heterocycles. The highest BCUT2D eigenvalue weighted by atomic mass is 79.9. The first-order chi connectivity index (χ1) is 7.86. The van der Waals surface area contributed by atoms with Crippen LogP contribution in [0.3, 0.4) is 0 Å². The monoisotopic (exact) mass is 321 g/mol. The van der Waals surface area contributed by atoms with Crippen molar-refractivity contribution in [2.45, 2.75) is 4.90 Å². The van der Waals surface area contributed by atoms with Gasteiger partial charge in [0.15, 0.2) is 0 Å². The third kappa shape index (κ3) is 3.69. The van der Waals surface area contributed by atoms with Crippen molar-refractivity contribution in [1.82, 2.24) is 10.0 Å². The number of amides is 1. The minimum atomic E-state index is -3.76. The molecular weight excluding hydrogens is 310 g/mol. The van der Waals surface area contributed by atoms with Gasteiger partial charge in [0.2, 0.25) is 15.9 Å². The van der Waals surface area contributed by atoms with Crippen LogP contribution in [0.15, 0.2) is 27.6 Å². The molecule has 0 fully saturated rings. The second kappa shape index (κ2) is 5.48. The molecule has 0 saturated carbocycles. The van der Waals surface area contributed by atoms with Crippen LogP contribution in [-0.4, -0.2) is 27.9 Å². The van der Waals surface area contributed by atoms with E-state index < -0.39 is 15.9 Å². The normalized spacial score (nSPS) is 11.2. The number of sulfonamides is 1.